The van der Waals surface area contributed by atoms with E-state index in [0.717, 1.165) is 0 Å². The second-order valence-corrected chi connectivity index (χ2v) is 6.63. The predicted molar refractivity (Wildman–Crippen MR) is 73.0 cm³/mol. The molecule has 0 saturated carbocycles. The Morgan fingerprint density at radius 1 is 0.920 bits per heavy atom. The summed E-state index contributed by atoms with van der Waals surface area (Å²) < 4.78 is 49.0. The largest absolute Gasteiger partial charge is 0.399 e. The summed E-state index contributed by atoms with van der Waals surface area (Å²) >= 11 is 0. The predicted octanol–water partition coefficient (Wildman–Crippen LogP) is -4.93. The summed E-state index contributed by atoms with van der Waals surface area (Å²) in [5, 5.41) is 58.0. The van der Waals surface area contributed by atoms with Crippen molar-refractivity contribution in [3.63, 3.8) is 0 Å². The van der Waals surface area contributed by atoms with Gasteiger partial charge in [-0.05, 0) is 0 Å². The fourth-order valence-electron chi connectivity index (χ4n) is 2.44. The Kier molecular flexibility index (Phi) is 6.69. The van der Waals surface area contributed by atoms with Crippen LogP contribution in [0.4, 0.5) is 0 Å². The third kappa shape index (κ3) is 4.82. The number of aliphatic hydroxyl groups is 6. The highest BCUT2D eigenvalue weighted by molar-refractivity contribution is 7.80. The third-order valence-electron chi connectivity index (χ3n) is 3.81. The molecular weight excluding hydrogens is 372 g/mol. The second-order valence-electron chi connectivity index (χ2n) is 5.58. The van der Waals surface area contributed by atoms with Crippen molar-refractivity contribution in [1.82, 2.24) is 0 Å². The van der Waals surface area contributed by atoms with Crippen molar-refractivity contribution in [1.29, 1.82) is 0 Å². The Hall–Kier alpha value is -0.490. The Morgan fingerprint density at radius 2 is 1.52 bits per heavy atom. The van der Waals surface area contributed by atoms with E-state index < -0.39 is 78.9 Å². The quantitative estimate of drug-likeness (QED) is 0.219. The van der Waals surface area contributed by atoms with Crippen LogP contribution in [0.5, 0.6) is 0 Å². The van der Waals surface area contributed by atoms with Gasteiger partial charge in [0.1, 0.15) is 42.7 Å². The molecule has 9 atom stereocenters. The highest BCUT2D eigenvalue weighted by Crippen LogP contribution is 2.26. The van der Waals surface area contributed by atoms with E-state index in [2.05, 4.69) is 4.18 Å². The topological polar surface area (TPSA) is 213 Å². The summed E-state index contributed by atoms with van der Waals surface area (Å²) in [6, 6.07) is 0. The molecule has 7 N–H and O–H groups in total. The van der Waals surface area contributed by atoms with Gasteiger partial charge in [-0.25, -0.2) is 4.18 Å². The molecule has 2 aliphatic heterocycles. The standard InChI is InChI=1S/C11H20O13S/c12-1-3-5(13)7(15)9(17)11(22-3)23-4-2-21-10(8(16)6(4)14)24-25(18,19)20/h3-17H,1-2H2,(H,18,19,20)/t3-,4-,5-,6+,7+,8+,9-,10+,11+/m1/s1. The van der Waals surface area contributed by atoms with Gasteiger partial charge in [-0.15, -0.1) is 0 Å². The lowest BCUT2D eigenvalue weighted by molar-refractivity contribution is -0.338. The summed E-state index contributed by atoms with van der Waals surface area (Å²) in [5.41, 5.74) is 0. The SMILES string of the molecule is O=S(=O)(O)O[C@@H]1OC[C@@H](O[C@@H]2O[C@H](CO)[C@@H](O)[C@H](O)[C@H]2O)[C@H](O)[C@@H]1O. The minimum atomic E-state index is -4.95. The molecule has 13 nitrogen and oxygen atoms in total. The molecule has 2 fully saturated rings. The van der Waals surface area contributed by atoms with Crippen molar-refractivity contribution >= 4 is 10.4 Å². The maximum absolute atomic E-state index is 10.6. The molecule has 0 amide bonds. The van der Waals surface area contributed by atoms with Gasteiger partial charge >= 0.3 is 10.4 Å². The number of hydrogen-bond acceptors (Lipinski definition) is 12. The maximum Gasteiger partial charge on any atom is 0.399 e. The molecule has 0 aromatic carbocycles. The molecule has 2 aliphatic rings. The van der Waals surface area contributed by atoms with Crippen LogP contribution >= 0.6 is 0 Å². The molecule has 0 spiro atoms. The van der Waals surface area contributed by atoms with Gasteiger partial charge in [0, 0.05) is 0 Å². The molecular formula is C11H20O13S. The van der Waals surface area contributed by atoms with E-state index in [1.165, 1.54) is 0 Å². The van der Waals surface area contributed by atoms with Crippen molar-refractivity contribution in [2.24, 2.45) is 0 Å². The average molecular weight is 392 g/mol. The van der Waals surface area contributed by atoms with Gasteiger partial charge in [-0.1, -0.05) is 0 Å². The zero-order valence-electron chi connectivity index (χ0n) is 12.6. The van der Waals surface area contributed by atoms with Crippen LogP contribution in [-0.2, 0) is 28.8 Å². The smallest absolute Gasteiger partial charge is 0.394 e. The first-order chi connectivity index (χ1) is 11.5. The molecule has 14 heteroatoms. The second kappa shape index (κ2) is 8.03. The lowest BCUT2D eigenvalue weighted by atomic mass is 9.99. The maximum atomic E-state index is 10.6. The molecule has 0 radical (unpaired) electrons. The van der Waals surface area contributed by atoms with Gasteiger partial charge in [0.2, 0.25) is 6.29 Å². The number of aliphatic hydroxyl groups excluding tert-OH is 6. The van der Waals surface area contributed by atoms with E-state index in [0.29, 0.717) is 0 Å². The van der Waals surface area contributed by atoms with E-state index in [1.807, 2.05) is 0 Å². The molecule has 0 unspecified atom stereocenters. The number of hydrogen-bond donors (Lipinski definition) is 7. The summed E-state index contributed by atoms with van der Waals surface area (Å²) in [6.07, 6.45) is -14.8. The van der Waals surface area contributed by atoms with E-state index in [4.69, 9.17) is 23.9 Å². The minimum Gasteiger partial charge on any atom is -0.394 e. The van der Waals surface area contributed by atoms with Crippen molar-refractivity contribution < 1.29 is 62.0 Å². The number of rotatable bonds is 5. The van der Waals surface area contributed by atoms with Crippen molar-refractivity contribution in [3.05, 3.63) is 0 Å². The van der Waals surface area contributed by atoms with Crippen molar-refractivity contribution in [3.8, 4) is 0 Å². The van der Waals surface area contributed by atoms with Gasteiger partial charge in [-0.3, -0.25) is 4.55 Å². The van der Waals surface area contributed by atoms with Crippen LogP contribution in [0.15, 0.2) is 0 Å². The van der Waals surface area contributed by atoms with Gasteiger partial charge in [0.15, 0.2) is 6.29 Å². The summed E-state index contributed by atoms with van der Waals surface area (Å²) in [6.45, 7) is -1.23. The molecule has 0 aliphatic carbocycles. The van der Waals surface area contributed by atoms with Crippen molar-refractivity contribution in [2.45, 2.75) is 55.3 Å². The Morgan fingerprint density at radius 3 is 2.08 bits per heavy atom. The first-order valence-electron chi connectivity index (χ1n) is 7.14. The third-order valence-corrected chi connectivity index (χ3v) is 4.24. The monoisotopic (exact) mass is 392 g/mol. The van der Waals surface area contributed by atoms with Crippen LogP contribution in [0.1, 0.15) is 0 Å². The fraction of sp³-hybridized carbons (Fsp3) is 1.00. The van der Waals surface area contributed by atoms with Crippen molar-refractivity contribution in [2.75, 3.05) is 13.2 Å². The first kappa shape index (κ1) is 20.8. The molecule has 0 aromatic heterocycles. The van der Waals surface area contributed by atoms with Crippen LogP contribution < -0.4 is 0 Å². The molecule has 2 heterocycles. The van der Waals surface area contributed by atoms with Crippen LogP contribution in [0.2, 0.25) is 0 Å². The first-order valence-corrected chi connectivity index (χ1v) is 8.51. The highest BCUT2D eigenvalue weighted by atomic mass is 32.3. The lowest BCUT2D eigenvalue weighted by Gasteiger charge is -2.43. The lowest BCUT2D eigenvalue weighted by Crippen LogP contribution is -2.62. The average Bonchev–Trinajstić information content (AvgIpc) is 2.53. The summed E-state index contributed by atoms with van der Waals surface area (Å²) in [4.78, 5) is 0. The van der Waals surface area contributed by atoms with Crippen LogP contribution in [0, 0.1) is 0 Å². The zero-order chi connectivity index (χ0) is 18.9. The highest BCUT2D eigenvalue weighted by Gasteiger charge is 2.48. The van der Waals surface area contributed by atoms with E-state index in [1.54, 1.807) is 0 Å². The normalized spacial score (nSPS) is 46.1. The fourth-order valence-corrected chi connectivity index (χ4v) is 2.85. The molecule has 2 rings (SSSR count). The minimum absolute atomic E-state index is 0.534. The van der Waals surface area contributed by atoms with Crippen LogP contribution in [0.3, 0.4) is 0 Å². The molecule has 25 heavy (non-hydrogen) atoms. The van der Waals surface area contributed by atoms with Crippen LogP contribution in [0.25, 0.3) is 0 Å². The molecule has 2 saturated heterocycles. The molecule has 148 valence electrons. The summed E-state index contributed by atoms with van der Waals surface area (Å²) in [5.74, 6) is 0. The van der Waals surface area contributed by atoms with Gasteiger partial charge in [0.25, 0.3) is 0 Å². The molecule has 0 aromatic rings. The van der Waals surface area contributed by atoms with Gasteiger partial charge in [-0.2, -0.15) is 8.42 Å². The Bertz CT molecular complexity index is 538. The van der Waals surface area contributed by atoms with E-state index >= 15 is 0 Å². The molecule has 0 bridgehead atoms. The Labute approximate surface area is 141 Å². The Balaban J connectivity index is 2.01. The van der Waals surface area contributed by atoms with E-state index in [-0.39, 0.29) is 0 Å². The van der Waals surface area contributed by atoms with Gasteiger partial charge in [0.05, 0.1) is 13.2 Å². The van der Waals surface area contributed by atoms with Gasteiger partial charge < -0.3 is 44.8 Å². The number of ether oxygens (including phenoxy) is 3. The van der Waals surface area contributed by atoms with E-state index in [9.17, 15) is 34.0 Å². The van der Waals surface area contributed by atoms with Crippen LogP contribution in [-0.4, -0.2) is 112 Å². The summed E-state index contributed by atoms with van der Waals surface area (Å²) in [7, 11) is -4.95. The zero-order valence-corrected chi connectivity index (χ0v) is 13.4.